The lowest BCUT2D eigenvalue weighted by Gasteiger charge is -2.04. The molecule has 1 aromatic carbocycles. The van der Waals surface area contributed by atoms with Gasteiger partial charge in [0.25, 0.3) is 0 Å². The Morgan fingerprint density at radius 2 is 2.15 bits per heavy atom. The highest BCUT2D eigenvalue weighted by Crippen LogP contribution is 2.32. The lowest BCUT2D eigenvalue weighted by molar-refractivity contribution is 0.0688. The normalized spacial score (nSPS) is 10.1. The molecule has 2 N–H and O–H groups in total. The molecule has 0 aromatic heterocycles. The van der Waals surface area contributed by atoms with Gasteiger partial charge in [-0.15, -0.1) is 0 Å². The van der Waals surface area contributed by atoms with Gasteiger partial charge in [-0.1, -0.05) is 0 Å². The third-order valence-corrected chi connectivity index (χ3v) is 2.75. The summed E-state index contributed by atoms with van der Waals surface area (Å²) >= 11 is 4.56. The van der Waals surface area contributed by atoms with Crippen molar-refractivity contribution in [1.29, 1.82) is 0 Å². The number of carbonyl (C=O) groups is 1. The van der Waals surface area contributed by atoms with Gasteiger partial charge in [-0.25, -0.2) is 9.18 Å². The number of carboxylic acid groups (broad SMARTS) is 1. The molecule has 3 nitrogen and oxygen atoms in total. The van der Waals surface area contributed by atoms with Crippen LogP contribution in [0.25, 0.3) is 0 Å². The van der Waals surface area contributed by atoms with Gasteiger partial charge in [0.2, 0.25) is 0 Å². The van der Waals surface area contributed by atoms with Crippen LogP contribution in [0, 0.1) is 9.39 Å². The Morgan fingerprint density at radius 3 is 2.62 bits per heavy atom. The smallest absolute Gasteiger partial charge is 0.342 e. The van der Waals surface area contributed by atoms with Crippen molar-refractivity contribution in [2.24, 2.45) is 0 Å². The maximum atomic E-state index is 13.1. The van der Waals surface area contributed by atoms with E-state index in [-0.39, 0.29) is 8.04 Å². The summed E-state index contributed by atoms with van der Waals surface area (Å²) in [4.78, 5) is 10.5. The molecule has 70 valence electrons. The van der Waals surface area contributed by atoms with Crippen LogP contribution < -0.4 is 0 Å². The summed E-state index contributed by atoms with van der Waals surface area (Å²) in [5, 5.41) is 17.8. The molecule has 0 saturated heterocycles. The molecular formula is C7H3BrFIO3. The zero-order chi connectivity index (χ0) is 10.2. The van der Waals surface area contributed by atoms with Gasteiger partial charge in [0.05, 0.1) is 8.04 Å². The maximum absolute atomic E-state index is 13.1. The number of aromatic hydroxyl groups is 1. The second-order valence-electron chi connectivity index (χ2n) is 2.18. The minimum Gasteiger partial charge on any atom is -0.506 e. The lowest BCUT2D eigenvalue weighted by Crippen LogP contribution is -2.03. The zero-order valence-electron chi connectivity index (χ0n) is 6.01. The fourth-order valence-electron chi connectivity index (χ4n) is 0.781. The predicted octanol–water partition coefficient (Wildman–Crippen LogP) is 2.60. The molecule has 0 bridgehead atoms. The van der Waals surface area contributed by atoms with E-state index in [2.05, 4.69) is 15.9 Å². The number of hydrogen-bond donors (Lipinski definition) is 2. The fraction of sp³-hybridized carbons (Fsp3) is 0. The van der Waals surface area contributed by atoms with Crippen molar-refractivity contribution < 1.29 is 19.4 Å². The van der Waals surface area contributed by atoms with Crippen molar-refractivity contribution in [2.45, 2.75) is 0 Å². The van der Waals surface area contributed by atoms with Crippen molar-refractivity contribution in [3.63, 3.8) is 0 Å². The summed E-state index contributed by atoms with van der Waals surface area (Å²) in [7, 11) is 0. The summed E-state index contributed by atoms with van der Waals surface area (Å²) < 4.78 is 13.4. The number of phenols is 1. The van der Waals surface area contributed by atoms with E-state index in [1.165, 1.54) is 6.07 Å². The quantitative estimate of drug-likeness (QED) is 0.598. The van der Waals surface area contributed by atoms with Gasteiger partial charge < -0.3 is 10.2 Å². The van der Waals surface area contributed by atoms with Crippen LogP contribution in [-0.2, 0) is 0 Å². The molecular weight excluding hydrogens is 358 g/mol. The number of aromatic carboxylic acids is 1. The molecule has 0 heterocycles. The van der Waals surface area contributed by atoms with Crippen LogP contribution in [0.1, 0.15) is 10.4 Å². The molecule has 1 aromatic rings. The summed E-state index contributed by atoms with van der Waals surface area (Å²) in [6, 6.07) is 1.30. The number of hydrogen-bond acceptors (Lipinski definition) is 2. The number of benzene rings is 1. The third-order valence-electron chi connectivity index (χ3n) is 1.36. The Labute approximate surface area is 94.8 Å². The van der Waals surface area contributed by atoms with Gasteiger partial charge in [0, 0.05) is 0 Å². The monoisotopic (exact) mass is 360 g/mol. The molecule has 1 rings (SSSR count). The van der Waals surface area contributed by atoms with Crippen LogP contribution in [-0.4, -0.2) is 16.2 Å². The van der Waals surface area contributed by atoms with Crippen LogP contribution in [0.3, 0.4) is 0 Å². The molecule has 0 unspecified atom stereocenters. The molecule has 6 heteroatoms. The summed E-state index contributed by atoms with van der Waals surface area (Å²) in [6.45, 7) is 0. The molecule has 0 amide bonds. The Morgan fingerprint density at radius 1 is 1.62 bits per heavy atom. The SMILES string of the molecule is O=C(O)c1c(O)c(Br)cc(I)c1F. The molecule has 0 aliphatic heterocycles. The molecule has 0 fully saturated rings. The van der Waals surface area contributed by atoms with E-state index in [0.717, 1.165) is 0 Å². The highest BCUT2D eigenvalue weighted by Gasteiger charge is 2.20. The Bertz CT molecular complexity index is 354. The van der Waals surface area contributed by atoms with Crippen molar-refractivity contribution in [2.75, 3.05) is 0 Å². The third kappa shape index (κ3) is 1.93. The molecule has 0 spiro atoms. The second-order valence-corrected chi connectivity index (χ2v) is 4.20. The molecule has 0 radical (unpaired) electrons. The van der Waals surface area contributed by atoms with Crippen LogP contribution in [0.5, 0.6) is 5.75 Å². The Kier molecular flexibility index (Phi) is 3.12. The average molecular weight is 361 g/mol. The second kappa shape index (κ2) is 3.79. The molecule has 0 aliphatic rings. The molecule has 0 atom stereocenters. The average Bonchev–Trinajstić information content (AvgIpc) is 2.01. The van der Waals surface area contributed by atoms with E-state index in [1.54, 1.807) is 22.6 Å². The molecule has 13 heavy (non-hydrogen) atoms. The number of carboxylic acids is 1. The van der Waals surface area contributed by atoms with Gasteiger partial charge in [-0.3, -0.25) is 0 Å². The van der Waals surface area contributed by atoms with Crippen molar-refractivity contribution in [3.05, 3.63) is 25.5 Å². The minimum absolute atomic E-state index is 0.139. The molecule has 0 saturated carbocycles. The molecule has 0 aliphatic carbocycles. The van der Waals surface area contributed by atoms with E-state index < -0.39 is 23.1 Å². The van der Waals surface area contributed by atoms with E-state index in [4.69, 9.17) is 5.11 Å². The number of halogens is 3. The van der Waals surface area contributed by atoms with Gasteiger partial charge in [-0.2, -0.15) is 0 Å². The van der Waals surface area contributed by atoms with E-state index in [9.17, 15) is 14.3 Å². The Hall–Kier alpha value is -0.370. The maximum Gasteiger partial charge on any atom is 0.342 e. The van der Waals surface area contributed by atoms with E-state index in [1.807, 2.05) is 0 Å². The van der Waals surface area contributed by atoms with Gasteiger partial charge in [-0.05, 0) is 44.6 Å². The fourth-order valence-corrected chi connectivity index (χ4v) is 2.22. The van der Waals surface area contributed by atoms with Crippen LogP contribution in [0.4, 0.5) is 4.39 Å². The predicted molar refractivity (Wildman–Crippen MR) is 55.4 cm³/mol. The van der Waals surface area contributed by atoms with Gasteiger partial charge >= 0.3 is 5.97 Å². The first-order valence-electron chi connectivity index (χ1n) is 3.05. The highest BCUT2D eigenvalue weighted by molar-refractivity contribution is 14.1. The van der Waals surface area contributed by atoms with Gasteiger partial charge in [0.1, 0.15) is 11.3 Å². The summed E-state index contributed by atoms with van der Waals surface area (Å²) in [6.07, 6.45) is 0. The van der Waals surface area contributed by atoms with Crippen molar-refractivity contribution >= 4 is 44.5 Å². The van der Waals surface area contributed by atoms with Gasteiger partial charge in [0.15, 0.2) is 5.82 Å². The van der Waals surface area contributed by atoms with E-state index >= 15 is 0 Å². The minimum atomic E-state index is -1.49. The van der Waals surface area contributed by atoms with Crippen molar-refractivity contribution in [3.8, 4) is 5.75 Å². The lowest BCUT2D eigenvalue weighted by atomic mass is 10.2. The van der Waals surface area contributed by atoms with E-state index in [0.29, 0.717) is 0 Å². The first kappa shape index (κ1) is 10.7. The summed E-state index contributed by atoms with van der Waals surface area (Å²) in [5.74, 6) is -3.01. The summed E-state index contributed by atoms with van der Waals surface area (Å²) in [5.41, 5.74) is -0.709. The standard InChI is InChI=1S/C7H3BrFIO3/c8-2-1-3(10)5(9)4(6(2)11)7(12)13/h1,11H,(H,12,13). The van der Waals surface area contributed by atoms with Crippen molar-refractivity contribution in [1.82, 2.24) is 0 Å². The number of rotatable bonds is 1. The topological polar surface area (TPSA) is 57.5 Å². The zero-order valence-corrected chi connectivity index (χ0v) is 9.76. The van der Waals surface area contributed by atoms with Crippen LogP contribution >= 0.6 is 38.5 Å². The first-order valence-corrected chi connectivity index (χ1v) is 4.92. The van der Waals surface area contributed by atoms with Crippen LogP contribution in [0.2, 0.25) is 0 Å². The van der Waals surface area contributed by atoms with Crippen LogP contribution in [0.15, 0.2) is 10.5 Å². The Balaban J connectivity index is 3.56. The first-order chi connectivity index (χ1) is 5.95. The largest absolute Gasteiger partial charge is 0.506 e. The highest BCUT2D eigenvalue weighted by atomic mass is 127.